The van der Waals surface area contributed by atoms with Crippen LogP contribution in [0.25, 0.3) is 0 Å². The van der Waals surface area contributed by atoms with Gasteiger partial charge in [0.2, 0.25) is 0 Å². The number of carbonyl (C=O) groups is 2. The second kappa shape index (κ2) is 40.7. The van der Waals surface area contributed by atoms with Crippen LogP contribution in [0.15, 0.2) is 0 Å². The van der Waals surface area contributed by atoms with Crippen molar-refractivity contribution in [1.29, 1.82) is 0 Å². The van der Waals surface area contributed by atoms with Crippen molar-refractivity contribution in [3.63, 3.8) is 0 Å². The third-order valence-corrected chi connectivity index (χ3v) is 21.3. The molecule has 0 saturated carbocycles. The van der Waals surface area contributed by atoms with Gasteiger partial charge in [-0.3, -0.25) is 0 Å². The Morgan fingerprint density at radius 1 is 0.336 bits per heavy atom. The Bertz CT molecular complexity index is 3040. The molecule has 0 bridgehead atoms. The number of nitrogens with two attached hydrogens (primary N) is 1. The van der Waals surface area contributed by atoms with E-state index < -0.39 is 384 Å². The molecule has 9 aliphatic rings. The highest BCUT2D eigenvalue weighted by Gasteiger charge is 2.65. The van der Waals surface area contributed by atoms with Gasteiger partial charge in [-0.2, -0.15) is 0 Å². The van der Waals surface area contributed by atoms with Crippen LogP contribution < -0.4 is 5.73 Å². The van der Waals surface area contributed by atoms with Crippen LogP contribution in [0.5, 0.6) is 0 Å². The van der Waals surface area contributed by atoms with Crippen molar-refractivity contribution in [2.45, 2.75) is 313 Å². The number of aliphatic hydroxyl groups excluding tert-OH is 31. The molecule has 0 spiro atoms. The Hall–Kier alpha value is -3.06. The summed E-state index contributed by atoms with van der Waals surface area (Å²) in [7, 11) is 0. The predicted octanol–water partition coefficient (Wildman–Crippen LogP) is -23.5. The normalized spacial score (nSPS) is 49.5. The van der Waals surface area contributed by atoms with Crippen molar-refractivity contribution in [3.05, 3.63) is 0 Å². The summed E-state index contributed by atoms with van der Waals surface area (Å²) >= 11 is 0. The summed E-state index contributed by atoms with van der Waals surface area (Å²) in [6.07, 6.45) is -114. The van der Waals surface area contributed by atoms with Crippen LogP contribution in [0.2, 0.25) is 0 Å². The molecule has 9 heterocycles. The van der Waals surface area contributed by atoms with Crippen LogP contribution in [0.3, 0.4) is 0 Å². The van der Waals surface area contributed by atoms with Gasteiger partial charge in [-0.1, -0.05) is 0 Å². The van der Waals surface area contributed by atoms with Gasteiger partial charge >= 0.3 is 11.9 Å². The fourth-order valence-electron chi connectivity index (χ4n) is 14.6. The van der Waals surface area contributed by atoms with E-state index in [1.165, 1.54) is 0 Å². The highest BCUT2D eigenvalue weighted by atomic mass is 16.8. The second-order valence-corrected chi connectivity index (χ2v) is 29.2. The zero-order chi connectivity index (χ0) is 86.1. The average Bonchev–Trinajstić information content (AvgIpc) is 0.745. The molecule has 0 unspecified atom stereocenters. The minimum atomic E-state index is -3.73. The van der Waals surface area contributed by atoms with Gasteiger partial charge in [-0.15, -0.1) is 0 Å². The number of hydrogen-bond donors (Lipinski definition) is 35. The molecule has 0 radical (unpaired) electrons. The quantitative estimate of drug-likeness (QED) is 0.0290. The molecular formula is C62H105NO53. The molecule has 9 saturated heterocycles. The number of aliphatic carboxylic acids is 2. The Morgan fingerprint density at radius 3 is 1.17 bits per heavy atom. The standard InChI is InChI=1S/C62H105NO53/c63-23-28(82)25(79)20(7-68)102-52(23)110-48-39(93)43(18(77)11-101-54-36(90)32(86)34(88)42(106-54)17(76)10-100-53-35(89)31(85)33(87)41(105-53)13(72)3-64)107-58(51(48)113-56-38(92)30(84)27(81)22(9-70)104-56)111-49-40(94)57(108-45(15(74)5-66)50(49)112-55-37(91)29(83)26(80)21(8-69)103-55)109-47-19(2-61(99,59(95)96)115-46(47)16(75)6-67)114-62(60(97)98)1-12(71)24(78)44(116-62)14(73)4-65/h12-58,64-94,99H,1-11,63H2,(H,95,96)(H,97,98)/t12-,13-,14-,15+,16-,17+,18+,19-,20-,21-,22-,23-,24-,25-,26-,27-,28-,29+,30+,31+,32+,33+,34+,35+,36+,37-,38-,39-,40+,41-,42-,43-,44-,45-,46-,47-,48+,49-,50-,51+,52+,53+,54+,55+,56+,57-,58-,61-,62-/m1/s1. The van der Waals surface area contributed by atoms with Gasteiger partial charge in [-0.25, -0.2) is 9.59 Å². The number of ether oxygens (including phenoxy) is 17. The van der Waals surface area contributed by atoms with E-state index in [1.807, 2.05) is 0 Å². The number of hydrogen-bond acceptors (Lipinski definition) is 52. The van der Waals surface area contributed by atoms with Crippen molar-refractivity contribution in [1.82, 2.24) is 0 Å². The van der Waals surface area contributed by atoms with Crippen molar-refractivity contribution >= 4 is 11.9 Å². The maximum atomic E-state index is 13.5. The molecular weight excluding hydrogens is 1610 g/mol. The fraction of sp³-hybridized carbons (Fsp3) is 0.968. The molecule has 0 aliphatic carbocycles. The SMILES string of the molecule is N[C@H]1[C@H](O[C@H]2[C@H](O)[C@@H]([C@@H](O)CO[C@H]3O[C@H]([C@@H](O)CO[C@H]4O[C@H]([C@H](O)CO)[C@@H](O)[C@H](O)[C@@H]4O)[C@@H](O)[C@H](O)[C@@H]3O)O[C@H](O[C@@H]3[C@H](O)[C@@H](O[C@H]4[C@@H]([C@H](O)CO)O[C@@](O)(C(=O)O)C[C@H]4O[C@]4(C(=O)O)C[C@@H](O)[C@@H](O)[C@@H]([C@H](O)CO)O4)O[C@H]([C@@H](O)CO)[C@H]3O[C@@H]3O[C@H](CO)[C@@H](O)[C@H](O)[C@H]3O)[C@H]2O[C@@H]2O[C@H](CO)[C@@H](O)[C@H](O)[C@H]2O)O[C@H](CO)[C@@H](O)[C@@H]1O. The second-order valence-electron chi connectivity index (χ2n) is 29.2. The van der Waals surface area contributed by atoms with Crippen molar-refractivity contribution in [2.75, 3.05) is 59.5 Å². The average molecular weight is 1710 g/mol. The fourth-order valence-corrected chi connectivity index (χ4v) is 14.6. The zero-order valence-electron chi connectivity index (χ0n) is 60.5. The van der Waals surface area contributed by atoms with E-state index in [2.05, 4.69) is 0 Å². The molecule has 0 aromatic rings. The molecule has 0 aromatic heterocycles. The number of carboxylic acid groups (broad SMARTS) is 2. The first kappa shape index (κ1) is 96.8. The smallest absolute Gasteiger partial charge is 0.364 e. The molecule has 0 amide bonds. The molecule has 9 fully saturated rings. The van der Waals surface area contributed by atoms with E-state index in [-0.39, 0.29) is 0 Å². The first-order chi connectivity index (χ1) is 54.5. The summed E-state index contributed by atoms with van der Waals surface area (Å²) in [5.74, 6) is -12.0. The Kier molecular flexibility index (Phi) is 34.0. The monoisotopic (exact) mass is 1710 g/mol. The highest BCUT2D eigenvalue weighted by Crippen LogP contribution is 2.45. The van der Waals surface area contributed by atoms with Gasteiger partial charge in [0, 0.05) is 12.8 Å². The van der Waals surface area contributed by atoms with Crippen molar-refractivity contribution < 1.29 is 264 Å². The number of carboxylic acids is 2. The van der Waals surface area contributed by atoms with Crippen LogP contribution in [-0.4, -0.2) is 545 Å². The Balaban J connectivity index is 1.16. The van der Waals surface area contributed by atoms with Crippen LogP contribution in [0, 0.1) is 0 Å². The van der Waals surface area contributed by atoms with Gasteiger partial charge in [-0.05, 0) is 0 Å². The molecule has 0 aromatic carbocycles. The summed E-state index contributed by atoms with van der Waals surface area (Å²) in [5.41, 5.74) is 6.32. The van der Waals surface area contributed by atoms with E-state index in [0.717, 1.165) is 0 Å². The topological polar surface area (TPSA) is 905 Å². The van der Waals surface area contributed by atoms with Gasteiger partial charge in [0.25, 0.3) is 11.6 Å². The van der Waals surface area contributed by atoms with Gasteiger partial charge in [0.1, 0.15) is 226 Å². The maximum absolute atomic E-state index is 13.5. The van der Waals surface area contributed by atoms with E-state index in [0.29, 0.717) is 0 Å². The van der Waals surface area contributed by atoms with Crippen molar-refractivity contribution in [3.8, 4) is 0 Å². The lowest BCUT2D eigenvalue weighted by atomic mass is 9.89. The zero-order valence-corrected chi connectivity index (χ0v) is 60.5. The third-order valence-electron chi connectivity index (χ3n) is 21.3. The molecule has 116 heavy (non-hydrogen) atoms. The number of aliphatic hydroxyl groups is 32. The molecule has 9 rings (SSSR count). The molecule has 49 atom stereocenters. The summed E-state index contributed by atoms with van der Waals surface area (Å²) in [6, 6.07) is -2.05. The molecule has 676 valence electrons. The van der Waals surface area contributed by atoms with Crippen LogP contribution >= 0.6 is 0 Å². The third kappa shape index (κ3) is 20.2. The first-order valence-corrected chi connectivity index (χ1v) is 36.2. The van der Waals surface area contributed by atoms with Gasteiger partial charge in [0.15, 0.2) is 44.0 Å². The molecule has 54 nitrogen and oxygen atoms in total. The lowest BCUT2D eigenvalue weighted by Crippen LogP contribution is -2.72. The van der Waals surface area contributed by atoms with Crippen LogP contribution in [0.1, 0.15) is 12.8 Å². The summed E-state index contributed by atoms with van der Waals surface area (Å²) in [5, 5.41) is 375. The first-order valence-electron chi connectivity index (χ1n) is 36.2. The van der Waals surface area contributed by atoms with E-state index in [1.54, 1.807) is 0 Å². The van der Waals surface area contributed by atoms with E-state index in [9.17, 15) is 183 Å². The minimum Gasteiger partial charge on any atom is -0.477 e. The van der Waals surface area contributed by atoms with Crippen LogP contribution in [0.4, 0.5) is 0 Å². The Labute approximate surface area is 652 Å². The largest absolute Gasteiger partial charge is 0.477 e. The van der Waals surface area contributed by atoms with Crippen molar-refractivity contribution in [2.24, 2.45) is 5.73 Å². The lowest BCUT2D eigenvalue weighted by molar-refractivity contribution is -0.424. The summed E-state index contributed by atoms with van der Waals surface area (Å²) < 4.78 is 99.0. The van der Waals surface area contributed by atoms with Gasteiger partial charge in [0.05, 0.1) is 77.7 Å². The minimum absolute atomic E-state index is 1.06. The highest BCUT2D eigenvalue weighted by molar-refractivity contribution is 5.77. The Morgan fingerprint density at radius 2 is 0.698 bits per heavy atom. The van der Waals surface area contributed by atoms with E-state index in [4.69, 9.17) is 86.3 Å². The summed E-state index contributed by atoms with van der Waals surface area (Å²) in [6.45, 7) is -11.7. The number of rotatable bonds is 33. The maximum Gasteiger partial charge on any atom is 0.364 e. The summed E-state index contributed by atoms with van der Waals surface area (Å²) in [4.78, 5) is 26.4. The predicted molar refractivity (Wildman–Crippen MR) is 345 cm³/mol. The van der Waals surface area contributed by atoms with Crippen LogP contribution in [-0.2, 0) is 90.1 Å². The van der Waals surface area contributed by atoms with Gasteiger partial charge < -0.3 is 260 Å². The molecule has 54 heteroatoms. The lowest BCUT2D eigenvalue weighted by Gasteiger charge is -2.53. The molecule has 36 N–H and O–H groups in total. The molecule has 9 aliphatic heterocycles. The van der Waals surface area contributed by atoms with E-state index >= 15 is 0 Å².